The van der Waals surface area contributed by atoms with Crippen LogP contribution in [0, 0.1) is 0 Å². The molecule has 0 radical (unpaired) electrons. The lowest BCUT2D eigenvalue weighted by Gasteiger charge is -2.11. The number of carbonyl (C=O) groups is 3. The topological polar surface area (TPSA) is 113 Å². The van der Waals surface area contributed by atoms with Gasteiger partial charge in [-0.1, -0.05) is 0 Å². The molecule has 0 saturated carbocycles. The van der Waals surface area contributed by atoms with Gasteiger partial charge in [-0.2, -0.15) is 0 Å². The van der Waals surface area contributed by atoms with Crippen LogP contribution in [0.3, 0.4) is 0 Å². The third-order valence-electron chi connectivity index (χ3n) is 2.23. The van der Waals surface area contributed by atoms with E-state index in [2.05, 4.69) is 16.0 Å². The maximum Gasteiger partial charge on any atom is 0.236 e. The Hall–Kier alpha value is -1.63. The summed E-state index contributed by atoms with van der Waals surface area (Å²) in [4.78, 5) is 33.2. The molecule has 7 heteroatoms. The van der Waals surface area contributed by atoms with Gasteiger partial charge in [0.2, 0.25) is 17.7 Å². The third-order valence-corrected chi connectivity index (χ3v) is 2.23. The summed E-state index contributed by atoms with van der Waals surface area (Å²) in [7, 11) is 3.05. The van der Waals surface area contributed by atoms with Gasteiger partial charge in [0.05, 0.1) is 6.04 Å². The summed E-state index contributed by atoms with van der Waals surface area (Å²) in [5.41, 5.74) is 5.58. The summed E-state index contributed by atoms with van der Waals surface area (Å²) < 4.78 is 0. The quantitative estimate of drug-likeness (QED) is 0.418. The zero-order chi connectivity index (χ0) is 13.3. The number of hydrogen-bond acceptors (Lipinski definition) is 4. The number of nitrogens with one attached hydrogen (secondary N) is 3. The van der Waals surface area contributed by atoms with Gasteiger partial charge in [-0.25, -0.2) is 0 Å². The summed E-state index contributed by atoms with van der Waals surface area (Å²) in [6.45, 7) is 0.242. The van der Waals surface area contributed by atoms with Gasteiger partial charge in [0.1, 0.15) is 0 Å². The Morgan fingerprint density at radius 3 is 2.12 bits per heavy atom. The van der Waals surface area contributed by atoms with Crippen LogP contribution in [-0.4, -0.2) is 44.4 Å². The van der Waals surface area contributed by atoms with E-state index >= 15 is 0 Å². The Labute approximate surface area is 100 Å². The van der Waals surface area contributed by atoms with Gasteiger partial charge >= 0.3 is 0 Å². The smallest absolute Gasteiger partial charge is 0.236 e. The summed E-state index contributed by atoms with van der Waals surface area (Å²) in [5.74, 6) is -0.652. The molecule has 1 atom stereocenters. The highest BCUT2D eigenvalue weighted by molar-refractivity contribution is 5.83. The van der Waals surface area contributed by atoms with Crippen LogP contribution in [0.1, 0.15) is 19.3 Å². The highest BCUT2D eigenvalue weighted by Crippen LogP contribution is 1.94. The van der Waals surface area contributed by atoms with E-state index in [0.717, 1.165) is 0 Å². The monoisotopic (exact) mass is 244 g/mol. The van der Waals surface area contributed by atoms with Crippen LogP contribution in [-0.2, 0) is 14.4 Å². The second-order valence-electron chi connectivity index (χ2n) is 3.53. The van der Waals surface area contributed by atoms with Crippen molar-refractivity contribution in [1.82, 2.24) is 16.0 Å². The Balaban J connectivity index is 3.74. The van der Waals surface area contributed by atoms with Crippen LogP contribution >= 0.6 is 0 Å². The number of hydrogen-bond donors (Lipinski definition) is 4. The van der Waals surface area contributed by atoms with Gasteiger partial charge in [-0.3, -0.25) is 14.4 Å². The molecule has 0 aliphatic rings. The van der Waals surface area contributed by atoms with Crippen molar-refractivity contribution in [1.29, 1.82) is 0 Å². The van der Waals surface area contributed by atoms with E-state index in [-0.39, 0.29) is 43.5 Å². The number of carbonyl (C=O) groups excluding carboxylic acids is 3. The molecule has 0 aromatic rings. The van der Waals surface area contributed by atoms with E-state index in [4.69, 9.17) is 5.73 Å². The largest absolute Gasteiger partial charge is 0.359 e. The van der Waals surface area contributed by atoms with Crippen LogP contribution in [0.2, 0.25) is 0 Å². The first-order valence-electron chi connectivity index (χ1n) is 5.45. The highest BCUT2D eigenvalue weighted by Gasteiger charge is 2.14. The molecule has 0 bridgehead atoms. The van der Waals surface area contributed by atoms with Gasteiger partial charge in [-0.05, 0) is 6.42 Å². The Kier molecular flexibility index (Phi) is 7.70. The molecule has 17 heavy (non-hydrogen) atoms. The maximum absolute atomic E-state index is 11.4. The second-order valence-corrected chi connectivity index (χ2v) is 3.53. The summed E-state index contributed by atoms with van der Waals surface area (Å²) in [6, 6.07) is -0.725. The molecule has 0 heterocycles. The molecule has 0 unspecified atom stereocenters. The minimum Gasteiger partial charge on any atom is -0.359 e. The predicted octanol–water partition coefficient (Wildman–Crippen LogP) is -1.91. The van der Waals surface area contributed by atoms with E-state index in [1.54, 1.807) is 0 Å². The van der Waals surface area contributed by atoms with Crippen molar-refractivity contribution in [2.75, 3.05) is 20.6 Å². The fourth-order valence-corrected chi connectivity index (χ4v) is 1.10. The molecule has 0 aliphatic heterocycles. The molecule has 5 N–H and O–H groups in total. The molecule has 0 aromatic carbocycles. The molecule has 0 saturated heterocycles. The van der Waals surface area contributed by atoms with Crippen molar-refractivity contribution < 1.29 is 14.4 Å². The molecule has 3 amide bonds. The lowest BCUT2D eigenvalue weighted by Crippen LogP contribution is -2.42. The van der Waals surface area contributed by atoms with Gasteiger partial charge in [-0.15, -0.1) is 0 Å². The average molecular weight is 244 g/mol. The van der Waals surface area contributed by atoms with Crippen LogP contribution in [0.15, 0.2) is 0 Å². The standard InChI is InChI=1S/C10H20N4O3/c1-12-8(15)4-3-7(11)10(17)14-6-5-9(16)13-2/h7H,3-6,11H2,1-2H3,(H,12,15)(H,13,16)(H,14,17)/t7-/m0/s1. The molecule has 0 aromatic heterocycles. The molecule has 0 spiro atoms. The molecule has 0 rings (SSSR count). The minimum absolute atomic E-state index is 0.149. The Morgan fingerprint density at radius 1 is 1.06 bits per heavy atom. The fourth-order valence-electron chi connectivity index (χ4n) is 1.10. The lowest BCUT2D eigenvalue weighted by molar-refractivity contribution is -0.123. The van der Waals surface area contributed by atoms with Crippen LogP contribution < -0.4 is 21.7 Å². The number of amides is 3. The molecule has 0 aliphatic carbocycles. The first-order chi connectivity index (χ1) is 8.01. The number of nitrogens with two attached hydrogens (primary N) is 1. The number of rotatable bonds is 7. The second kappa shape index (κ2) is 8.51. The van der Waals surface area contributed by atoms with E-state index in [9.17, 15) is 14.4 Å². The minimum atomic E-state index is -0.725. The normalized spacial score (nSPS) is 11.5. The maximum atomic E-state index is 11.4. The Bertz CT molecular complexity index is 281. The molecule has 98 valence electrons. The van der Waals surface area contributed by atoms with Crippen molar-refractivity contribution >= 4 is 17.7 Å². The van der Waals surface area contributed by atoms with Crippen LogP contribution in [0.5, 0.6) is 0 Å². The highest BCUT2D eigenvalue weighted by atomic mass is 16.2. The van der Waals surface area contributed by atoms with E-state index in [1.165, 1.54) is 14.1 Å². The molecule has 0 fully saturated rings. The first-order valence-corrected chi connectivity index (χ1v) is 5.45. The average Bonchev–Trinajstić information content (AvgIpc) is 2.34. The summed E-state index contributed by atoms with van der Waals surface area (Å²) >= 11 is 0. The van der Waals surface area contributed by atoms with Crippen molar-refractivity contribution in [2.45, 2.75) is 25.3 Å². The lowest BCUT2D eigenvalue weighted by atomic mass is 10.1. The third kappa shape index (κ3) is 7.29. The van der Waals surface area contributed by atoms with E-state index < -0.39 is 6.04 Å². The van der Waals surface area contributed by atoms with Crippen LogP contribution in [0.4, 0.5) is 0 Å². The van der Waals surface area contributed by atoms with Crippen molar-refractivity contribution in [3.8, 4) is 0 Å². The van der Waals surface area contributed by atoms with Gasteiger partial charge < -0.3 is 21.7 Å². The zero-order valence-corrected chi connectivity index (χ0v) is 10.2. The van der Waals surface area contributed by atoms with Crippen LogP contribution in [0.25, 0.3) is 0 Å². The van der Waals surface area contributed by atoms with E-state index in [1.807, 2.05) is 0 Å². The SMILES string of the molecule is CNC(=O)CCNC(=O)[C@@H](N)CCC(=O)NC. The van der Waals surface area contributed by atoms with Crippen molar-refractivity contribution in [3.05, 3.63) is 0 Å². The molecular weight excluding hydrogens is 224 g/mol. The van der Waals surface area contributed by atoms with Crippen molar-refractivity contribution in [3.63, 3.8) is 0 Å². The molecular formula is C10H20N4O3. The summed E-state index contributed by atoms with van der Waals surface area (Å²) in [5, 5.41) is 7.42. The predicted molar refractivity (Wildman–Crippen MR) is 63.0 cm³/mol. The van der Waals surface area contributed by atoms with Gasteiger partial charge in [0.25, 0.3) is 0 Å². The van der Waals surface area contributed by atoms with Gasteiger partial charge in [0.15, 0.2) is 0 Å². The van der Waals surface area contributed by atoms with Gasteiger partial charge in [0, 0.05) is 33.5 Å². The molecule has 7 nitrogen and oxygen atoms in total. The van der Waals surface area contributed by atoms with E-state index in [0.29, 0.717) is 0 Å². The summed E-state index contributed by atoms with van der Waals surface area (Å²) in [6.07, 6.45) is 0.705. The zero-order valence-electron chi connectivity index (χ0n) is 10.2. The Morgan fingerprint density at radius 2 is 1.59 bits per heavy atom. The van der Waals surface area contributed by atoms with Crippen molar-refractivity contribution in [2.24, 2.45) is 5.73 Å². The fraction of sp³-hybridized carbons (Fsp3) is 0.700. The first kappa shape index (κ1) is 15.4.